The molecule has 1 aliphatic heterocycles. The van der Waals surface area contributed by atoms with Gasteiger partial charge in [-0.25, -0.2) is 4.98 Å². The minimum atomic E-state index is -1.25. The van der Waals surface area contributed by atoms with Crippen LogP contribution in [0.15, 0.2) is 18.0 Å². The third-order valence-electron chi connectivity index (χ3n) is 5.27. The number of hydrogen-bond donors (Lipinski definition) is 4. The van der Waals surface area contributed by atoms with Gasteiger partial charge < -0.3 is 30.5 Å². The highest BCUT2D eigenvalue weighted by molar-refractivity contribution is 5.82. The van der Waals surface area contributed by atoms with Gasteiger partial charge in [0.25, 0.3) is 0 Å². The second kappa shape index (κ2) is 9.69. The van der Waals surface area contributed by atoms with Crippen LogP contribution in [0.4, 0.5) is 5.82 Å². The number of allylic oxidation sites excluding steroid dienone is 2. The molecular formula is C20H31N5O5. The van der Waals surface area contributed by atoms with E-state index in [2.05, 4.69) is 41.8 Å². The number of imidazole rings is 1. The molecule has 1 fully saturated rings. The van der Waals surface area contributed by atoms with E-state index in [1.165, 1.54) is 16.5 Å². The number of fused-ring (bicyclic) bond motifs is 1. The molecule has 5 N–H and O–H groups in total. The minimum absolute atomic E-state index is 0.116. The predicted molar refractivity (Wildman–Crippen MR) is 111 cm³/mol. The summed E-state index contributed by atoms with van der Waals surface area (Å²) in [4.78, 5) is 12.7. The van der Waals surface area contributed by atoms with E-state index in [0.29, 0.717) is 23.7 Å². The van der Waals surface area contributed by atoms with Gasteiger partial charge in [0.2, 0.25) is 0 Å². The van der Waals surface area contributed by atoms with Crippen LogP contribution in [-0.4, -0.2) is 66.4 Å². The molecule has 0 amide bonds. The van der Waals surface area contributed by atoms with Crippen molar-refractivity contribution in [1.29, 1.82) is 0 Å². The maximum Gasteiger partial charge on any atom is 0.320 e. The third kappa shape index (κ3) is 4.89. The molecule has 3 heterocycles. The van der Waals surface area contributed by atoms with Gasteiger partial charge in [0.15, 0.2) is 23.2 Å². The van der Waals surface area contributed by atoms with Crippen LogP contribution >= 0.6 is 0 Å². The first-order chi connectivity index (χ1) is 14.3. The van der Waals surface area contributed by atoms with Crippen LogP contribution in [0.25, 0.3) is 11.2 Å². The fourth-order valence-corrected chi connectivity index (χ4v) is 3.43. The zero-order chi connectivity index (χ0) is 21.8. The molecule has 2 aromatic heterocycles. The second-order valence-corrected chi connectivity index (χ2v) is 8.05. The molecular weight excluding hydrogens is 390 g/mol. The van der Waals surface area contributed by atoms with Gasteiger partial charge in [0.05, 0.1) is 19.5 Å². The van der Waals surface area contributed by atoms with E-state index in [9.17, 15) is 15.3 Å². The van der Waals surface area contributed by atoms with Gasteiger partial charge in [-0.3, -0.25) is 4.57 Å². The molecule has 0 spiro atoms. The van der Waals surface area contributed by atoms with E-state index < -0.39 is 31.1 Å². The molecule has 2 aromatic rings. The van der Waals surface area contributed by atoms with Gasteiger partial charge >= 0.3 is 6.01 Å². The molecule has 0 aromatic carbocycles. The van der Waals surface area contributed by atoms with E-state index in [4.69, 9.17) is 15.2 Å². The lowest BCUT2D eigenvalue weighted by Gasteiger charge is -2.17. The van der Waals surface area contributed by atoms with Gasteiger partial charge in [0.1, 0.15) is 18.3 Å². The largest absolute Gasteiger partial charge is 0.463 e. The number of aromatic nitrogens is 4. The number of aliphatic hydroxyl groups is 3. The zero-order valence-corrected chi connectivity index (χ0v) is 17.6. The standard InChI is InChI=1S/C20H31N5O5/c1-11(2)5-4-6-12(3)7-8-29-20-23-17(21)14-18(24-20)25(10-22-14)19-16(28)15(27)13(9-26)30-19/h5,10,12-13,15-16,19,26-28H,4,6-9H2,1-3H3,(H2,21,23,24)/t12-,13-,15-,16-,19-/m1/s1. The van der Waals surface area contributed by atoms with Crippen molar-refractivity contribution in [2.75, 3.05) is 18.9 Å². The molecule has 1 aliphatic rings. The number of anilines is 1. The Bertz CT molecular complexity index is 882. The lowest BCUT2D eigenvalue weighted by Crippen LogP contribution is -2.33. The molecule has 166 valence electrons. The summed E-state index contributed by atoms with van der Waals surface area (Å²) in [5, 5.41) is 29.6. The zero-order valence-electron chi connectivity index (χ0n) is 17.6. The summed E-state index contributed by atoms with van der Waals surface area (Å²) >= 11 is 0. The Labute approximate surface area is 175 Å². The number of aliphatic hydroxyl groups excluding tert-OH is 3. The van der Waals surface area contributed by atoms with Crippen molar-refractivity contribution < 1.29 is 24.8 Å². The molecule has 0 unspecified atom stereocenters. The van der Waals surface area contributed by atoms with Crippen molar-refractivity contribution in [3.8, 4) is 6.01 Å². The average Bonchev–Trinajstić information content (AvgIpc) is 3.23. The monoisotopic (exact) mass is 421 g/mol. The highest BCUT2D eigenvalue weighted by atomic mass is 16.6. The normalized spacial score (nSPS) is 24.9. The summed E-state index contributed by atoms with van der Waals surface area (Å²) in [5.74, 6) is 0.642. The predicted octanol–water partition coefficient (Wildman–Crippen LogP) is 1.17. The van der Waals surface area contributed by atoms with Crippen LogP contribution in [0.1, 0.15) is 46.3 Å². The van der Waals surface area contributed by atoms with E-state index >= 15 is 0 Å². The third-order valence-corrected chi connectivity index (χ3v) is 5.27. The van der Waals surface area contributed by atoms with E-state index in [1.54, 1.807) is 0 Å². The van der Waals surface area contributed by atoms with Gasteiger partial charge in [-0.2, -0.15) is 9.97 Å². The topological polar surface area (TPSA) is 149 Å². The van der Waals surface area contributed by atoms with Crippen molar-refractivity contribution in [3.05, 3.63) is 18.0 Å². The lowest BCUT2D eigenvalue weighted by molar-refractivity contribution is -0.0511. The van der Waals surface area contributed by atoms with Crippen molar-refractivity contribution in [2.24, 2.45) is 5.92 Å². The molecule has 0 aliphatic carbocycles. The number of nitrogen functional groups attached to an aromatic ring is 1. The van der Waals surface area contributed by atoms with E-state index in [-0.39, 0.29) is 11.8 Å². The van der Waals surface area contributed by atoms with Crippen LogP contribution in [0.5, 0.6) is 6.01 Å². The molecule has 10 nitrogen and oxygen atoms in total. The van der Waals surface area contributed by atoms with Gasteiger partial charge in [-0.1, -0.05) is 18.6 Å². The highest BCUT2D eigenvalue weighted by Crippen LogP contribution is 2.32. The smallest absolute Gasteiger partial charge is 0.320 e. The Morgan fingerprint density at radius 3 is 2.73 bits per heavy atom. The first kappa shape index (κ1) is 22.4. The SMILES string of the molecule is CC(C)=CCC[C@@H](C)CCOc1nc(N)c2ncn([C@@H]3O[C@H](CO)[C@@H](O)[C@H]3O)c2n1. The Morgan fingerprint density at radius 1 is 1.30 bits per heavy atom. The second-order valence-electron chi connectivity index (χ2n) is 8.05. The quantitative estimate of drug-likeness (QED) is 0.438. The lowest BCUT2D eigenvalue weighted by atomic mass is 10.0. The Morgan fingerprint density at radius 2 is 2.07 bits per heavy atom. The molecule has 30 heavy (non-hydrogen) atoms. The minimum Gasteiger partial charge on any atom is -0.463 e. The number of rotatable bonds is 9. The Balaban J connectivity index is 1.69. The molecule has 10 heteroatoms. The summed E-state index contributed by atoms with van der Waals surface area (Å²) in [7, 11) is 0. The summed E-state index contributed by atoms with van der Waals surface area (Å²) < 4.78 is 12.7. The Hall–Kier alpha value is -2.27. The summed E-state index contributed by atoms with van der Waals surface area (Å²) in [6, 6.07) is 0.116. The highest BCUT2D eigenvalue weighted by Gasteiger charge is 2.44. The fourth-order valence-electron chi connectivity index (χ4n) is 3.43. The number of ether oxygens (including phenoxy) is 2. The molecule has 3 rings (SSSR count). The van der Waals surface area contributed by atoms with Crippen molar-refractivity contribution in [1.82, 2.24) is 19.5 Å². The van der Waals surface area contributed by atoms with Crippen molar-refractivity contribution in [3.63, 3.8) is 0 Å². The van der Waals surface area contributed by atoms with E-state index in [1.807, 2.05) is 0 Å². The number of nitrogens with two attached hydrogens (primary N) is 1. The molecule has 0 bridgehead atoms. The van der Waals surface area contributed by atoms with Gasteiger partial charge in [-0.15, -0.1) is 0 Å². The first-order valence-electron chi connectivity index (χ1n) is 10.2. The fraction of sp³-hybridized carbons (Fsp3) is 0.650. The maximum atomic E-state index is 10.3. The average molecular weight is 421 g/mol. The molecule has 0 saturated carbocycles. The van der Waals surface area contributed by atoms with Crippen LogP contribution in [0.3, 0.4) is 0 Å². The van der Waals surface area contributed by atoms with Gasteiger partial charge in [0, 0.05) is 0 Å². The van der Waals surface area contributed by atoms with Crippen LogP contribution in [0.2, 0.25) is 0 Å². The Kier molecular flexibility index (Phi) is 7.24. The van der Waals surface area contributed by atoms with Crippen molar-refractivity contribution >= 4 is 17.0 Å². The van der Waals surface area contributed by atoms with Crippen LogP contribution < -0.4 is 10.5 Å². The number of nitrogens with zero attached hydrogens (tertiary/aromatic N) is 4. The van der Waals surface area contributed by atoms with Crippen molar-refractivity contribution in [2.45, 2.75) is 64.6 Å². The summed E-state index contributed by atoms with van der Waals surface area (Å²) in [6.07, 6.45) is 2.29. The first-order valence-corrected chi connectivity index (χ1v) is 10.2. The number of hydrogen-bond acceptors (Lipinski definition) is 9. The summed E-state index contributed by atoms with van der Waals surface area (Å²) in [6.45, 7) is 6.40. The maximum absolute atomic E-state index is 10.3. The van der Waals surface area contributed by atoms with Crippen LogP contribution in [-0.2, 0) is 4.74 Å². The molecule has 0 radical (unpaired) electrons. The molecule has 1 saturated heterocycles. The van der Waals surface area contributed by atoms with Gasteiger partial charge in [-0.05, 0) is 39.0 Å². The van der Waals surface area contributed by atoms with Crippen LogP contribution in [0, 0.1) is 5.92 Å². The summed E-state index contributed by atoms with van der Waals surface area (Å²) in [5.41, 5.74) is 7.99. The van der Waals surface area contributed by atoms with E-state index in [0.717, 1.165) is 19.3 Å². The molecule has 5 atom stereocenters.